The number of unbranched alkanes of at least 4 members (excludes halogenated alkanes) is 16. The highest BCUT2D eigenvalue weighted by atomic mass is 16.4. The van der Waals surface area contributed by atoms with E-state index in [4.69, 9.17) is 0 Å². The van der Waals surface area contributed by atoms with Gasteiger partial charge in [0.1, 0.15) is 0 Å². The fourth-order valence-electron chi connectivity index (χ4n) is 5.85. The quantitative estimate of drug-likeness (QED) is 0.0390. The zero-order valence-electron chi connectivity index (χ0n) is 29.1. The molecule has 7 nitrogen and oxygen atoms in total. The lowest BCUT2D eigenvalue weighted by Gasteiger charge is -2.40. The van der Waals surface area contributed by atoms with Crippen molar-refractivity contribution in [2.45, 2.75) is 163 Å². The first kappa shape index (κ1) is 42.1. The number of nitrogens with zero attached hydrogens (tertiary/aromatic N) is 1. The maximum Gasteiger partial charge on any atom is 0.306 e. The zero-order valence-corrected chi connectivity index (χ0v) is 29.1. The molecule has 44 heavy (non-hydrogen) atoms. The van der Waals surface area contributed by atoms with Crippen LogP contribution in [0.4, 0.5) is 0 Å². The highest BCUT2D eigenvalue weighted by Crippen LogP contribution is 2.22. The Kier molecular flexibility index (Phi) is 26.2. The third kappa shape index (κ3) is 23.5. The summed E-state index contributed by atoms with van der Waals surface area (Å²) in [5.74, 6) is -3.92. The molecule has 0 bridgehead atoms. The van der Waals surface area contributed by atoms with E-state index in [1.165, 1.54) is 89.9 Å². The fourth-order valence-corrected chi connectivity index (χ4v) is 5.85. The van der Waals surface area contributed by atoms with Gasteiger partial charge in [-0.3, -0.25) is 14.4 Å². The molecular weight excluding hydrogens is 554 g/mol. The number of aliphatic carboxylic acids is 3. The molecule has 0 aliphatic carbocycles. The van der Waals surface area contributed by atoms with Gasteiger partial charge in [-0.15, -0.1) is 0 Å². The van der Waals surface area contributed by atoms with Crippen molar-refractivity contribution in [2.75, 3.05) is 26.2 Å². The average molecular weight is 625 g/mol. The molecule has 3 atom stereocenters. The minimum absolute atomic E-state index is 0.482. The molecule has 7 heteroatoms. The number of hydrogen-bond donors (Lipinski definition) is 3. The summed E-state index contributed by atoms with van der Waals surface area (Å²) in [6, 6.07) is 0. The van der Waals surface area contributed by atoms with Crippen LogP contribution in [0.1, 0.15) is 163 Å². The summed E-state index contributed by atoms with van der Waals surface area (Å²) in [4.78, 5) is 34.5. The smallest absolute Gasteiger partial charge is 0.306 e. The lowest BCUT2D eigenvalue weighted by atomic mass is 10.0. The zero-order chi connectivity index (χ0) is 33.1. The molecular formula is C37H70NO6+. The van der Waals surface area contributed by atoms with Crippen LogP contribution in [0.25, 0.3) is 0 Å². The second-order valence-electron chi connectivity index (χ2n) is 13.7. The molecule has 0 rings (SSSR count). The van der Waals surface area contributed by atoms with Crippen LogP contribution in [-0.2, 0) is 14.4 Å². The Balaban J connectivity index is 4.44. The van der Waals surface area contributed by atoms with Gasteiger partial charge in [-0.1, -0.05) is 117 Å². The van der Waals surface area contributed by atoms with Crippen molar-refractivity contribution in [3.8, 4) is 0 Å². The lowest BCUT2D eigenvalue weighted by Crippen LogP contribution is -2.52. The first-order chi connectivity index (χ1) is 21.0. The molecule has 0 aromatic carbocycles. The number of allylic oxidation sites excluding steroid dienone is 2. The molecule has 258 valence electrons. The van der Waals surface area contributed by atoms with Gasteiger partial charge in [0.25, 0.3) is 0 Å². The molecule has 0 saturated carbocycles. The van der Waals surface area contributed by atoms with Gasteiger partial charge in [-0.05, 0) is 38.5 Å². The van der Waals surface area contributed by atoms with Gasteiger partial charge >= 0.3 is 17.9 Å². The highest BCUT2D eigenvalue weighted by Gasteiger charge is 2.31. The predicted octanol–water partition coefficient (Wildman–Crippen LogP) is 9.73. The lowest BCUT2D eigenvalue weighted by molar-refractivity contribution is -0.929. The molecule has 0 radical (unpaired) electrons. The summed E-state index contributed by atoms with van der Waals surface area (Å²) < 4.78 is 0.606. The third-order valence-electron chi connectivity index (χ3n) is 9.52. The van der Waals surface area contributed by atoms with E-state index in [2.05, 4.69) is 19.1 Å². The summed E-state index contributed by atoms with van der Waals surface area (Å²) in [7, 11) is 0. The van der Waals surface area contributed by atoms with Crippen LogP contribution in [0.5, 0.6) is 0 Å². The Labute approximate surface area is 270 Å². The number of carboxylic acid groups (broad SMARTS) is 3. The molecule has 0 heterocycles. The molecule has 0 fully saturated rings. The molecule has 3 unspecified atom stereocenters. The van der Waals surface area contributed by atoms with Crippen LogP contribution in [-0.4, -0.2) is 63.9 Å². The summed E-state index contributed by atoms with van der Waals surface area (Å²) in [6.07, 6.45) is 29.3. The van der Waals surface area contributed by atoms with Gasteiger partial charge in [-0.2, -0.15) is 0 Å². The van der Waals surface area contributed by atoms with E-state index in [1.54, 1.807) is 20.8 Å². The van der Waals surface area contributed by atoms with E-state index < -0.39 is 35.7 Å². The molecule has 0 aliphatic rings. The van der Waals surface area contributed by atoms with Crippen molar-refractivity contribution in [3.63, 3.8) is 0 Å². The van der Waals surface area contributed by atoms with Crippen LogP contribution in [0.2, 0.25) is 0 Å². The van der Waals surface area contributed by atoms with E-state index in [-0.39, 0.29) is 0 Å². The third-order valence-corrected chi connectivity index (χ3v) is 9.52. The van der Waals surface area contributed by atoms with Crippen LogP contribution in [0.15, 0.2) is 12.2 Å². The molecule has 0 aliphatic heterocycles. The van der Waals surface area contributed by atoms with Crippen molar-refractivity contribution in [1.29, 1.82) is 0 Å². The van der Waals surface area contributed by atoms with Crippen LogP contribution < -0.4 is 0 Å². The van der Waals surface area contributed by atoms with Gasteiger partial charge in [0.15, 0.2) is 0 Å². The fraction of sp³-hybridized carbons (Fsp3) is 0.865. The highest BCUT2D eigenvalue weighted by molar-refractivity contribution is 5.70. The van der Waals surface area contributed by atoms with Gasteiger partial charge in [0.2, 0.25) is 0 Å². The van der Waals surface area contributed by atoms with Gasteiger partial charge in [0, 0.05) is 19.3 Å². The Hall–Kier alpha value is -1.89. The summed E-state index contributed by atoms with van der Waals surface area (Å²) in [5, 5.41) is 28.3. The normalized spacial score (nSPS) is 15.2. The number of rotatable bonds is 32. The Bertz CT molecular complexity index is 707. The second-order valence-corrected chi connectivity index (χ2v) is 13.7. The molecule has 0 aromatic heterocycles. The van der Waals surface area contributed by atoms with Crippen molar-refractivity contribution in [3.05, 3.63) is 12.2 Å². The van der Waals surface area contributed by atoms with Gasteiger partial charge in [0.05, 0.1) is 43.9 Å². The Morgan fingerprint density at radius 1 is 0.477 bits per heavy atom. The van der Waals surface area contributed by atoms with Crippen LogP contribution in [0, 0.1) is 17.8 Å². The number of carboxylic acids is 3. The summed E-state index contributed by atoms with van der Waals surface area (Å²) in [5.41, 5.74) is 0. The van der Waals surface area contributed by atoms with E-state index in [1.807, 2.05) is 0 Å². The molecule has 0 aromatic rings. The van der Waals surface area contributed by atoms with Crippen molar-refractivity contribution in [2.24, 2.45) is 17.8 Å². The molecule has 0 saturated heterocycles. The first-order valence-electron chi connectivity index (χ1n) is 18.2. The van der Waals surface area contributed by atoms with E-state index >= 15 is 0 Å². The standard InChI is InChI=1S/C37H69NO6/c1-5-6-7-8-9-10-11-12-13-14-15-16-17-18-19-20-21-22-23-24-28-38(29-25-32(2)35(39)40,30-26-33(3)36(41)42)31-27-34(4)37(43)44/h17-18,32-34H,5-16,19-31H2,1-4H3,(H2-,39,40,41,42,43,44)/p+1/b18-17+. The first-order valence-corrected chi connectivity index (χ1v) is 18.2. The second kappa shape index (κ2) is 27.4. The minimum Gasteiger partial charge on any atom is -0.481 e. The monoisotopic (exact) mass is 625 g/mol. The van der Waals surface area contributed by atoms with E-state index in [9.17, 15) is 29.7 Å². The topological polar surface area (TPSA) is 112 Å². The van der Waals surface area contributed by atoms with Crippen molar-refractivity contribution < 1.29 is 34.2 Å². The van der Waals surface area contributed by atoms with Crippen LogP contribution in [0.3, 0.4) is 0 Å². The Morgan fingerprint density at radius 3 is 1.09 bits per heavy atom. The number of carbonyl (C=O) groups is 3. The summed E-state index contributed by atoms with van der Waals surface area (Å²) >= 11 is 0. The summed E-state index contributed by atoms with van der Waals surface area (Å²) in [6.45, 7) is 10.1. The largest absolute Gasteiger partial charge is 0.481 e. The van der Waals surface area contributed by atoms with E-state index in [0.717, 1.165) is 32.2 Å². The van der Waals surface area contributed by atoms with E-state index in [0.29, 0.717) is 43.4 Å². The van der Waals surface area contributed by atoms with Crippen molar-refractivity contribution >= 4 is 17.9 Å². The number of hydrogen-bond acceptors (Lipinski definition) is 3. The molecule has 0 spiro atoms. The maximum atomic E-state index is 11.5. The average Bonchev–Trinajstić information content (AvgIpc) is 2.99. The minimum atomic E-state index is -0.825. The van der Waals surface area contributed by atoms with Crippen molar-refractivity contribution in [1.82, 2.24) is 0 Å². The Morgan fingerprint density at radius 2 is 0.773 bits per heavy atom. The van der Waals surface area contributed by atoms with Crippen LogP contribution >= 0.6 is 0 Å². The van der Waals surface area contributed by atoms with Gasteiger partial charge < -0.3 is 19.8 Å². The SMILES string of the molecule is CCCCCCCCCCCCC/C=C/CCCCCCC[N+](CCC(C)C(=O)O)(CCC(C)C(=O)O)CCC(C)C(=O)O. The predicted molar refractivity (Wildman–Crippen MR) is 182 cm³/mol. The molecule has 3 N–H and O–H groups in total. The molecule has 0 amide bonds. The number of quaternary nitrogens is 1. The maximum absolute atomic E-state index is 11.5. The van der Waals surface area contributed by atoms with Gasteiger partial charge in [-0.25, -0.2) is 0 Å².